The lowest BCUT2D eigenvalue weighted by atomic mass is 9.96. The zero-order valence-electron chi connectivity index (χ0n) is 17.2. The summed E-state index contributed by atoms with van der Waals surface area (Å²) < 4.78 is 12.2. The van der Waals surface area contributed by atoms with Crippen LogP contribution in [-0.4, -0.2) is 36.1 Å². The Morgan fingerprint density at radius 1 is 1.23 bits per heavy atom. The standard InChI is InChI=1S/C22H26ClN3O4/c1-14-8-9-26(20(10-14)25-16-6-4-3-5-7-16)22(28)15-11-17(23)21(18(12-15)29-2)30-13-19(24)27/h8-12,16H,3-7,13H2,1-2H3,(H2,24,27). The number of halogens is 1. The minimum Gasteiger partial charge on any atom is -0.493 e. The maximum atomic E-state index is 13.3. The van der Waals surface area contributed by atoms with E-state index in [0.717, 1.165) is 31.2 Å². The van der Waals surface area contributed by atoms with Gasteiger partial charge in [0.05, 0.1) is 18.2 Å². The number of rotatable bonds is 6. The van der Waals surface area contributed by atoms with E-state index in [1.807, 2.05) is 19.1 Å². The molecule has 1 aliphatic carbocycles. The van der Waals surface area contributed by atoms with Gasteiger partial charge < -0.3 is 15.2 Å². The van der Waals surface area contributed by atoms with Crippen LogP contribution < -0.4 is 20.7 Å². The number of primary amides is 1. The number of methoxy groups -OCH3 is 1. The Morgan fingerprint density at radius 3 is 2.63 bits per heavy atom. The van der Waals surface area contributed by atoms with Crippen molar-refractivity contribution in [2.24, 2.45) is 10.7 Å². The SMILES string of the molecule is COc1cc(C(=O)n2ccc(C)cc2=NC2CCCCC2)cc(Cl)c1OCC(N)=O. The Labute approximate surface area is 180 Å². The number of aromatic nitrogens is 1. The van der Waals surface area contributed by atoms with Gasteiger partial charge in [0.15, 0.2) is 18.1 Å². The van der Waals surface area contributed by atoms with E-state index in [1.165, 1.54) is 30.2 Å². The number of nitrogens with zero attached hydrogens (tertiary/aromatic N) is 2. The van der Waals surface area contributed by atoms with Gasteiger partial charge in [-0.2, -0.15) is 0 Å². The largest absolute Gasteiger partial charge is 0.493 e. The Kier molecular flexibility index (Phi) is 7.15. The minimum atomic E-state index is -0.641. The third-order valence-electron chi connectivity index (χ3n) is 5.03. The summed E-state index contributed by atoms with van der Waals surface area (Å²) in [4.78, 5) is 29.2. The molecular formula is C22H26ClN3O4. The predicted octanol–water partition coefficient (Wildman–Crippen LogP) is 3.24. The van der Waals surface area contributed by atoms with Gasteiger partial charge in [-0.1, -0.05) is 30.9 Å². The molecule has 1 aliphatic rings. The predicted molar refractivity (Wildman–Crippen MR) is 114 cm³/mol. The molecule has 0 atom stereocenters. The molecule has 1 heterocycles. The fourth-order valence-corrected chi connectivity index (χ4v) is 3.79. The molecule has 30 heavy (non-hydrogen) atoms. The van der Waals surface area contributed by atoms with Gasteiger partial charge in [-0.25, -0.2) is 0 Å². The molecule has 1 aromatic heterocycles. The van der Waals surface area contributed by atoms with Crippen LogP contribution in [0.15, 0.2) is 35.5 Å². The first-order valence-electron chi connectivity index (χ1n) is 9.95. The smallest absolute Gasteiger partial charge is 0.263 e. The number of nitrogens with two attached hydrogens (primary N) is 1. The molecule has 2 N–H and O–H groups in total. The first-order valence-corrected chi connectivity index (χ1v) is 10.3. The molecule has 0 unspecified atom stereocenters. The number of benzene rings is 1. The zero-order chi connectivity index (χ0) is 21.7. The zero-order valence-corrected chi connectivity index (χ0v) is 17.9. The molecule has 7 nitrogen and oxygen atoms in total. The van der Waals surface area contributed by atoms with E-state index in [9.17, 15) is 9.59 Å². The summed E-state index contributed by atoms with van der Waals surface area (Å²) in [5.41, 5.74) is 7.09. The van der Waals surface area contributed by atoms with Gasteiger partial charge in [-0.3, -0.25) is 19.1 Å². The molecule has 160 valence electrons. The molecular weight excluding hydrogens is 406 g/mol. The number of carbonyl (C=O) groups excluding carboxylic acids is 2. The van der Waals surface area contributed by atoms with Crippen LogP contribution >= 0.6 is 11.6 Å². The highest BCUT2D eigenvalue weighted by molar-refractivity contribution is 6.32. The summed E-state index contributed by atoms with van der Waals surface area (Å²) in [6, 6.07) is 7.01. The van der Waals surface area contributed by atoms with Gasteiger partial charge in [-0.15, -0.1) is 0 Å². The van der Waals surface area contributed by atoms with Crippen molar-refractivity contribution in [1.82, 2.24) is 4.57 Å². The number of amides is 1. The highest BCUT2D eigenvalue weighted by Gasteiger charge is 2.19. The lowest BCUT2D eigenvalue weighted by Gasteiger charge is -2.18. The summed E-state index contributed by atoms with van der Waals surface area (Å²) in [6.45, 7) is 1.62. The second-order valence-corrected chi connectivity index (χ2v) is 7.81. The van der Waals surface area contributed by atoms with Crippen LogP contribution in [-0.2, 0) is 4.79 Å². The molecule has 2 aromatic rings. The van der Waals surface area contributed by atoms with E-state index in [4.69, 9.17) is 31.8 Å². The number of hydrogen-bond donors (Lipinski definition) is 1. The van der Waals surface area contributed by atoms with Crippen molar-refractivity contribution in [2.75, 3.05) is 13.7 Å². The van der Waals surface area contributed by atoms with Gasteiger partial charge in [-0.05, 0) is 49.6 Å². The summed E-state index contributed by atoms with van der Waals surface area (Å²) in [6.07, 6.45) is 7.35. The summed E-state index contributed by atoms with van der Waals surface area (Å²) in [5.74, 6) is -0.523. The number of pyridine rings is 1. The molecule has 0 saturated heterocycles. The van der Waals surface area contributed by atoms with Crippen molar-refractivity contribution in [3.05, 3.63) is 52.1 Å². The van der Waals surface area contributed by atoms with Crippen LogP contribution in [0.5, 0.6) is 11.5 Å². The molecule has 8 heteroatoms. The number of aryl methyl sites for hydroxylation is 1. The van der Waals surface area contributed by atoms with Gasteiger partial charge >= 0.3 is 0 Å². The molecule has 1 amide bonds. The monoisotopic (exact) mass is 431 g/mol. The minimum absolute atomic E-state index is 0.150. The molecule has 1 aromatic carbocycles. The molecule has 0 aliphatic heterocycles. The Morgan fingerprint density at radius 2 is 1.97 bits per heavy atom. The van der Waals surface area contributed by atoms with Gasteiger partial charge in [0, 0.05) is 11.8 Å². The first-order chi connectivity index (χ1) is 14.4. The van der Waals surface area contributed by atoms with E-state index < -0.39 is 5.91 Å². The highest BCUT2D eigenvalue weighted by Crippen LogP contribution is 2.36. The summed E-state index contributed by atoms with van der Waals surface area (Å²) >= 11 is 6.31. The van der Waals surface area contributed by atoms with E-state index >= 15 is 0 Å². The van der Waals surface area contributed by atoms with Crippen molar-refractivity contribution in [1.29, 1.82) is 0 Å². The third-order valence-corrected chi connectivity index (χ3v) is 5.31. The fourth-order valence-electron chi connectivity index (χ4n) is 3.52. The van der Waals surface area contributed by atoms with Crippen LogP contribution in [0.25, 0.3) is 0 Å². The maximum Gasteiger partial charge on any atom is 0.263 e. The molecule has 0 spiro atoms. The van der Waals surface area contributed by atoms with Crippen LogP contribution in [0.1, 0.15) is 48.0 Å². The first kappa shape index (κ1) is 21.9. The van der Waals surface area contributed by atoms with Crippen molar-refractivity contribution in [2.45, 2.75) is 45.1 Å². The molecule has 1 fully saturated rings. The van der Waals surface area contributed by atoms with Crippen LogP contribution in [0, 0.1) is 6.92 Å². The lowest BCUT2D eigenvalue weighted by molar-refractivity contribution is -0.119. The average Bonchev–Trinajstić information content (AvgIpc) is 2.72. The summed E-state index contributed by atoms with van der Waals surface area (Å²) in [7, 11) is 1.43. The Hall–Kier alpha value is -2.80. The van der Waals surface area contributed by atoms with E-state index in [-0.39, 0.29) is 35.1 Å². The number of hydrogen-bond acceptors (Lipinski definition) is 5. The van der Waals surface area contributed by atoms with Crippen molar-refractivity contribution in [3.63, 3.8) is 0 Å². The van der Waals surface area contributed by atoms with E-state index in [1.54, 1.807) is 6.20 Å². The lowest BCUT2D eigenvalue weighted by Crippen LogP contribution is -2.30. The number of carbonyl (C=O) groups is 2. The van der Waals surface area contributed by atoms with Gasteiger partial charge in [0.1, 0.15) is 5.49 Å². The van der Waals surface area contributed by atoms with Gasteiger partial charge in [0.25, 0.3) is 11.8 Å². The molecule has 1 saturated carbocycles. The maximum absolute atomic E-state index is 13.3. The van der Waals surface area contributed by atoms with Crippen LogP contribution in [0.3, 0.4) is 0 Å². The van der Waals surface area contributed by atoms with Crippen molar-refractivity contribution < 1.29 is 19.1 Å². The van der Waals surface area contributed by atoms with Crippen molar-refractivity contribution in [3.8, 4) is 11.5 Å². The van der Waals surface area contributed by atoms with Crippen LogP contribution in [0.4, 0.5) is 0 Å². The molecule has 3 rings (SSSR count). The topological polar surface area (TPSA) is 95.9 Å². The quantitative estimate of drug-likeness (QED) is 0.759. The average molecular weight is 432 g/mol. The highest BCUT2D eigenvalue weighted by atomic mass is 35.5. The van der Waals surface area contributed by atoms with Gasteiger partial charge in [0.2, 0.25) is 0 Å². The molecule has 0 radical (unpaired) electrons. The summed E-state index contributed by atoms with van der Waals surface area (Å²) in [5, 5.41) is 0.150. The Bertz CT molecular complexity index is 1010. The second-order valence-electron chi connectivity index (χ2n) is 7.40. The molecule has 0 bridgehead atoms. The number of ether oxygens (including phenoxy) is 2. The fraction of sp³-hybridized carbons (Fsp3) is 0.409. The van der Waals surface area contributed by atoms with E-state index in [0.29, 0.717) is 11.1 Å². The Balaban J connectivity index is 1.99. The normalized spacial score (nSPS) is 15.1. The van der Waals surface area contributed by atoms with E-state index in [2.05, 4.69) is 0 Å². The van der Waals surface area contributed by atoms with Crippen LogP contribution in [0.2, 0.25) is 5.02 Å². The third kappa shape index (κ3) is 5.21. The second kappa shape index (κ2) is 9.80. The van der Waals surface area contributed by atoms with Crippen molar-refractivity contribution >= 4 is 23.4 Å².